The van der Waals surface area contributed by atoms with Crippen molar-refractivity contribution in [2.75, 3.05) is 6.61 Å². The summed E-state index contributed by atoms with van der Waals surface area (Å²) >= 11 is 0. The van der Waals surface area contributed by atoms with Gasteiger partial charge in [0.05, 0.1) is 0 Å². The minimum Gasteiger partial charge on any atom is -0.504 e. The fourth-order valence-electron chi connectivity index (χ4n) is 1.06. The normalized spacial score (nSPS) is 13.1. The van der Waals surface area contributed by atoms with Crippen LogP contribution in [0.5, 0.6) is 11.5 Å². The Labute approximate surface area is 94.3 Å². The maximum atomic E-state index is 12.3. The summed E-state index contributed by atoms with van der Waals surface area (Å²) in [5, 5.41) is 17.6. The number of carbonyl (C=O) groups is 1. The molecule has 94 valence electrons. The molecule has 1 unspecified atom stereocenters. The molecular formula is C10H9F3O4. The number of rotatable bonds is 4. The van der Waals surface area contributed by atoms with Crippen molar-refractivity contribution >= 4 is 5.97 Å². The van der Waals surface area contributed by atoms with Crippen molar-refractivity contribution < 1.29 is 32.9 Å². The molecule has 0 aliphatic rings. The summed E-state index contributed by atoms with van der Waals surface area (Å²) in [4.78, 5) is 10.4. The van der Waals surface area contributed by atoms with Gasteiger partial charge in [-0.25, -0.2) is 0 Å². The zero-order valence-corrected chi connectivity index (χ0v) is 8.44. The zero-order chi connectivity index (χ0) is 13.1. The van der Waals surface area contributed by atoms with E-state index < -0.39 is 24.7 Å². The molecule has 0 spiro atoms. The smallest absolute Gasteiger partial charge is 0.405 e. The molecule has 0 aliphatic carbocycles. The Morgan fingerprint density at radius 3 is 2.41 bits per heavy atom. The van der Waals surface area contributed by atoms with Crippen molar-refractivity contribution in [2.24, 2.45) is 5.92 Å². The lowest BCUT2D eigenvalue weighted by molar-refractivity contribution is -0.198. The van der Waals surface area contributed by atoms with Gasteiger partial charge in [-0.3, -0.25) is 4.79 Å². The highest BCUT2D eigenvalue weighted by Gasteiger charge is 2.45. The summed E-state index contributed by atoms with van der Waals surface area (Å²) in [6.45, 7) is -1.09. The zero-order valence-electron chi connectivity index (χ0n) is 8.44. The van der Waals surface area contributed by atoms with Crippen LogP contribution in [0.25, 0.3) is 0 Å². The van der Waals surface area contributed by atoms with Gasteiger partial charge >= 0.3 is 12.1 Å². The van der Waals surface area contributed by atoms with Crippen LogP contribution in [-0.2, 0) is 4.79 Å². The second-order valence-electron chi connectivity index (χ2n) is 3.21. The van der Waals surface area contributed by atoms with E-state index in [1.807, 2.05) is 0 Å². The van der Waals surface area contributed by atoms with Crippen LogP contribution in [0.15, 0.2) is 24.3 Å². The van der Waals surface area contributed by atoms with Crippen LogP contribution in [0.2, 0.25) is 0 Å². The Morgan fingerprint density at radius 1 is 1.35 bits per heavy atom. The third kappa shape index (κ3) is 3.54. The molecule has 2 N–H and O–H groups in total. The van der Waals surface area contributed by atoms with E-state index in [1.54, 1.807) is 0 Å². The van der Waals surface area contributed by atoms with Crippen LogP contribution in [0.3, 0.4) is 0 Å². The molecule has 0 aliphatic heterocycles. The number of alkyl halides is 3. The predicted octanol–water partition coefficient (Wildman–Crippen LogP) is 2.03. The maximum Gasteiger partial charge on any atom is 0.405 e. The molecule has 0 bridgehead atoms. The van der Waals surface area contributed by atoms with E-state index in [-0.39, 0.29) is 11.5 Å². The first kappa shape index (κ1) is 13.1. The van der Waals surface area contributed by atoms with Crippen molar-refractivity contribution in [3.8, 4) is 11.5 Å². The van der Waals surface area contributed by atoms with E-state index in [9.17, 15) is 23.1 Å². The van der Waals surface area contributed by atoms with E-state index in [2.05, 4.69) is 4.74 Å². The average molecular weight is 250 g/mol. The molecule has 1 atom stereocenters. The van der Waals surface area contributed by atoms with Gasteiger partial charge in [0.15, 0.2) is 17.4 Å². The van der Waals surface area contributed by atoms with E-state index in [1.165, 1.54) is 24.3 Å². The molecular weight excluding hydrogens is 241 g/mol. The summed E-state index contributed by atoms with van der Waals surface area (Å²) in [7, 11) is 0. The predicted molar refractivity (Wildman–Crippen MR) is 50.8 cm³/mol. The largest absolute Gasteiger partial charge is 0.504 e. The van der Waals surface area contributed by atoms with Crippen molar-refractivity contribution in [3.05, 3.63) is 24.3 Å². The fourth-order valence-corrected chi connectivity index (χ4v) is 1.06. The molecule has 17 heavy (non-hydrogen) atoms. The highest BCUT2D eigenvalue weighted by atomic mass is 19.4. The Hall–Kier alpha value is -1.92. The molecule has 0 heterocycles. The van der Waals surface area contributed by atoms with Crippen LogP contribution in [0.1, 0.15) is 0 Å². The molecule has 0 fully saturated rings. The van der Waals surface area contributed by atoms with Crippen LogP contribution in [-0.4, -0.2) is 29.0 Å². The van der Waals surface area contributed by atoms with Gasteiger partial charge in [-0.15, -0.1) is 0 Å². The first-order chi connectivity index (χ1) is 7.82. The quantitative estimate of drug-likeness (QED) is 0.858. The van der Waals surface area contributed by atoms with Crippen molar-refractivity contribution in [3.63, 3.8) is 0 Å². The molecule has 0 amide bonds. The number of hydrogen-bond donors (Lipinski definition) is 2. The van der Waals surface area contributed by atoms with Gasteiger partial charge < -0.3 is 14.9 Å². The lowest BCUT2D eigenvalue weighted by Crippen LogP contribution is -2.35. The Kier molecular flexibility index (Phi) is 3.82. The number of ether oxygens (including phenoxy) is 1. The molecule has 0 saturated heterocycles. The van der Waals surface area contributed by atoms with E-state index in [0.717, 1.165) is 0 Å². The number of benzene rings is 1. The van der Waals surface area contributed by atoms with Crippen molar-refractivity contribution in [1.29, 1.82) is 0 Å². The molecule has 1 aromatic rings. The van der Waals surface area contributed by atoms with Crippen LogP contribution >= 0.6 is 0 Å². The number of phenols is 1. The van der Waals surface area contributed by atoms with Crippen molar-refractivity contribution in [1.82, 2.24) is 0 Å². The average Bonchev–Trinajstić information content (AvgIpc) is 2.18. The maximum absolute atomic E-state index is 12.3. The van der Waals surface area contributed by atoms with E-state index in [4.69, 9.17) is 5.11 Å². The Balaban J connectivity index is 2.72. The van der Waals surface area contributed by atoms with Gasteiger partial charge in [-0.1, -0.05) is 12.1 Å². The summed E-state index contributed by atoms with van der Waals surface area (Å²) in [6.07, 6.45) is -4.89. The van der Waals surface area contributed by atoms with E-state index >= 15 is 0 Å². The molecule has 0 radical (unpaired) electrons. The van der Waals surface area contributed by atoms with Gasteiger partial charge in [-0.05, 0) is 12.1 Å². The monoisotopic (exact) mass is 250 g/mol. The fraction of sp³-hybridized carbons (Fsp3) is 0.300. The summed E-state index contributed by atoms with van der Waals surface area (Å²) in [5.41, 5.74) is 0. The van der Waals surface area contributed by atoms with Gasteiger partial charge in [0, 0.05) is 0 Å². The summed E-state index contributed by atoms with van der Waals surface area (Å²) in [5.74, 6) is -5.18. The summed E-state index contributed by atoms with van der Waals surface area (Å²) in [6, 6.07) is 5.36. The number of phenolic OH excluding ortho intramolecular Hbond substituents is 1. The lowest BCUT2D eigenvalue weighted by atomic mass is 10.1. The molecule has 1 aromatic carbocycles. The number of hydrogen-bond acceptors (Lipinski definition) is 3. The molecule has 7 heteroatoms. The first-order valence-corrected chi connectivity index (χ1v) is 4.52. The third-order valence-electron chi connectivity index (χ3n) is 1.96. The SMILES string of the molecule is O=C(O)C(COc1ccccc1O)C(F)(F)F. The van der Waals surface area contributed by atoms with Gasteiger partial charge in [0.1, 0.15) is 6.61 Å². The topological polar surface area (TPSA) is 66.8 Å². The second-order valence-corrected chi connectivity index (χ2v) is 3.21. The van der Waals surface area contributed by atoms with Crippen LogP contribution in [0.4, 0.5) is 13.2 Å². The van der Waals surface area contributed by atoms with Gasteiger partial charge in [0.25, 0.3) is 0 Å². The number of halogens is 3. The van der Waals surface area contributed by atoms with Crippen LogP contribution < -0.4 is 4.74 Å². The highest BCUT2D eigenvalue weighted by Crippen LogP contribution is 2.29. The highest BCUT2D eigenvalue weighted by molar-refractivity contribution is 5.71. The van der Waals surface area contributed by atoms with Crippen molar-refractivity contribution in [2.45, 2.75) is 6.18 Å². The number of para-hydroxylation sites is 2. The van der Waals surface area contributed by atoms with Gasteiger partial charge in [-0.2, -0.15) is 13.2 Å². The van der Waals surface area contributed by atoms with Crippen LogP contribution in [0, 0.1) is 5.92 Å². The lowest BCUT2D eigenvalue weighted by Gasteiger charge is -2.16. The third-order valence-corrected chi connectivity index (χ3v) is 1.96. The van der Waals surface area contributed by atoms with E-state index in [0.29, 0.717) is 0 Å². The minimum atomic E-state index is -4.89. The number of aromatic hydroxyl groups is 1. The standard InChI is InChI=1S/C10H9F3O4/c11-10(12,13)6(9(15)16)5-17-8-4-2-1-3-7(8)14/h1-4,6,14H,5H2,(H,15,16). The molecule has 4 nitrogen and oxygen atoms in total. The Morgan fingerprint density at radius 2 is 1.94 bits per heavy atom. The molecule has 0 aromatic heterocycles. The molecule has 0 saturated carbocycles. The Bertz CT molecular complexity index is 403. The summed E-state index contributed by atoms with van der Waals surface area (Å²) < 4.78 is 41.4. The first-order valence-electron chi connectivity index (χ1n) is 4.52. The minimum absolute atomic E-state index is 0.192. The number of carboxylic acid groups (broad SMARTS) is 1. The van der Waals surface area contributed by atoms with Gasteiger partial charge in [0.2, 0.25) is 0 Å². The number of carboxylic acids is 1. The molecule has 1 rings (SSSR count). The second kappa shape index (κ2) is 4.94. The number of aliphatic carboxylic acids is 1.